The van der Waals surface area contributed by atoms with Gasteiger partial charge in [-0.25, -0.2) is 0 Å². The van der Waals surface area contributed by atoms with Gasteiger partial charge in [-0.05, 0) is 18.2 Å². The quantitative estimate of drug-likeness (QED) is 0.437. The van der Waals surface area contributed by atoms with Crippen LogP contribution in [-0.4, -0.2) is 14.5 Å². The van der Waals surface area contributed by atoms with Gasteiger partial charge in [0.05, 0.1) is 0 Å². The van der Waals surface area contributed by atoms with Crippen LogP contribution in [0.15, 0.2) is 48.3 Å². The van der Waals surface area contributed by atoms with Crippen molar-refractivity contribution in [2.75, 3.05) is 0 Å². The first kappa shape index (κ1) is 8.78. The molecule has 0 amide bonds. The van der Waals surface area contributed by atoms with Crippen LogP contribution >= 0.6 is 0 Å². The minimum absolute atomic E-state index is 0.702. The van der Waals surface area contributed by atoms with Crippen LogP contribution in [0.25, 0.3) is 0 Å². The summed E-state index contributed by atoms with van der Waals surface area (Å²) in [5.74, 6) is 0. The van der Waals surface area contributed by atoms with Gasteiger partial charge < -0.3 is 11.0 Å². The minimum Gasteiger partial charge on any atom is -0.438 e. The molecule has 0 bridgehead atoms. The number of nitrogens with two attached hydrogens (primary N) is 1. The van der Waals surface area contributed by atoms with Crippen LogP contribution in [0.2, 0.25) is 0 Å². The van der Waals surface area contributed by atoms with Crippen LogP contribution in [0.4, 0.5) is 0 Å². The molecule has 0 radical (unpaired) electrons. The van der Waals surface area contributed by atoms with Crippen LogP contribution in [0, 0.1) is 0 Å². The third-order valence-electron chi connectivity index (χ3n) is 1.84. The molecule has 0 aromatic carbocycles. The average Bonchev–Trinajstić information content (AvgIpc) is 2.51. The molecule has 0 fully saturated rings. The Balaban J connectivity index is 2.86. The molecule has 2 nitrogen and oxygen atoms in total. The van der Waals surface area contributed by atoms with Gasteiger partial charge in [0.25, 0.3) is 0 Å². The van der Waals surface area contributed by atoms with E-state index in [0.29, 0.717) is 5.70 Å². The minimum atomic E-state index is 0.702. The van der Waals surface area contributed by atoms with Gasteiger partial charge in [-0.1, -0.05) is 18.6 Å². The van der Waals surface area contributed by atoms with Gasteiger partial charge in [0.1, 0.15) is 0 Å². The summed E-state index contributed by atoms with van der Waals surface area (Å²) in [6, 6.07) is 0. The lowest BCUT2D eigenvalue weighted by molar-refractivity contribution is 1.26. The zero-order valence-electron chi connectivity index (χ0n) is 7.14. The van der Waals surface area contributed by atoms with E-state index in [4.69, 9.17) is 5.73 Å². The molecule has 3 N–H and O–H groups in total. The van der Waals surface area contributed by atoms with Crippen LogP contribution in [0.5, 0.6) is 0 Å². The van der Waals surface area contributed by atoms with Crippen LogP contribution in [-0.2, 0) is 0 Å². The monoisotopic (exact) mass is 158 g/mol. The topological polar surface area (TPSA) is 38.0 Å². The van der Waals surface area contributed by atoms with E-state index in [0.717, 1.165) is 20.2 Å². The molecule has 0 aromatic heterocycles. The van der Waals surface area contributed by atoms with Crippen molar-refractivity contribution in [2.45, 2.75) is 0 Å². The molecule has 60 valence electrons. The number of nitrogens with one attached hydrogen (secondary N) is 1. The summed E-state index contributed by atoms with van der Waals surface area (Å²) in [4.78, 5) is 0. The highest BCUT2D eigenvalue weighted by atomic mass is 14.8. The number of hydrogen-bond acceptors (Lipinski definition) is 2. The molecular weight excluding hydrogens is 146 g/mol. The lowest BCUT2D eigenvalue weighted by Gasteiger charge is -1.99. The summed E-state index contributed by atoms with van der Waals surface area (Å²) >= 11 is 0. The van der Waals surface area contributed by atoms with Gasteiger partial charge in [-0.3, -0.25) is 0 Å². The van der Waals surface area contributed by atoms with E-state index in [9.17, 15) is 0 Å². The molecule has 1 aliphatic rings. The Morgan fingerprint density at radius 3 is 2.83 bits per heavy atom. The molecule has 0 saturated carbocycles. The van der Waals surface area contributed by atoms with Gasteiger partial charge in [0.15, 0.2) is 14.5 Å². The van der Waals surface area contributed by atoms with Gasteiger partial charge in [-0.2, -0.15) is 0 Å². The van der Waals surface area contributed by atoms with Gasteiger partial charge in [-0.15, -0.1) is 0 Å². The second kappa shape index (κ2) is 3.90. The molecule has 1 aliphatic heterocycles. The first-order chi connectivity index (χ1) is 5.77. The van der Waals surface area contributed by atoms with Crippen molar-refractivity contribution >= 4 is 14.5 Å². The standard InChI is InChI=1S/C8H12B2N2/c1-3-6(11)5-7-8(4-2)12-10-9-7/h3-5,9-10,12H,1-2,11H2/b6-5+. The van der Waals surface area contributed by atoms with E-state index >= 15 is 0 Å². The van der Waals surface area contributed by atoms with Crippen LogP contribution in [0.1, 0.15) is 0 Å². The van der Waals surface area contributed by atoms with E-state index in [1.807, 2.05) is 12.2 Å². The first-order valence-corrected chi connectivity index (χ1v) is 3.97. The molecule has 0 atom stereocenters. The number of allylic oxidation sites excluding steroid dienone is 4. The molecule has 1 heterocycles. The summed E-state index contributed by atoms with van der Waals surface area (Å²) in [6.07, 6.45) is 5.39. The van der Waals surface area contributed by atoms with E-state index in [1.165, 1.54) is 5.47 Å². The Bertz CT molecular complexity index is 266. The highest BCUT2D eigenvalue weighted by Crippen LogP contribution is 2.08. The zero-order valence-corrected chi connectivity index (χ0v) is 7.14. The molecule has 0 aliphatic carbocycles. The predicted octanol–water partition coefficient (Wildman–Crippen LogP) is -0.281. The third-order valence-corrected chi connectivity index (χ3v) is 1.84. The molecule has 0 spiro atoms. The SMILES string of the molecule is C=CC1=C(/C=C(/N)C=C)BBN1. The second-order valence-corrected chi connectivity index (χ2v) is 2.67. The van der Waals surface area contributed by atoms with Crippen LogP contribution in [0.3, 0.4) is 0 Å². The molecule has 0 aromatic rings. The Morgan fingerprint density at radius 1 is 1.50 bits per heavy atom. The van der Waals surface area contributed by atoms with Crippen molar-refractivity contribution < 1.29 is 0 Å². The van der Waals surface area contributed by atoms with Crippen molar-refractivity contribution in [3.8, 4) is 0 Å². The fraction of sp³-hybridized carbons (Fsp3) is 0. The number of rotatable bonds is 3. The largest absolute Gasteiger partial charge is 0.438 e. The highest BCUT2D eigenvalue weighted by Gasteiger charge is 2.11. The molecule has 12 heavy (non-hydrogen) atoms. The smallest absolute Gasteiger partial charge is 0.198 e. The highest BCUT2D eigenvalue weighted by molar-refractivity contribution is 7.05. The third kappa shape index (κ3) is 1.84. The average molecular weight is 158 g/mol. The Morgan fingerprint density at radius 2 is 2.25 bits per heavy atom. The maximum absolute atomic E-state index is 5.62. The van der Waals surface area contributed by atoms with Crippen molar-refractivity contribution in [1.82, 2.24) is 5.23 Å². The summed E-state index contributed by atoms with van der Waals surface area (Å²) in [5.41, 5.74) is 8.61. The van der Waals surface area contributed by atoms with E-state index in [2.05, 4.69) is 18.4 Å². The van der Waals surface area contributed by atoms with Crippen LogP contribution < -0.4 is 11.0 Å². The Labute approximate surface area is 74.4 Å². The summed E-state index contributed by atoms with van der Waals surface area (Å²) in [7, 11) is 1.98. The van der Waals surface area contributed by atoms with Crippen molar-refractivity contribution in [1.29, 1.82) is 0 Å². The Hall–Kier alpha value is -1.31. The fourth-order valence-corrected chi connectivity index (χ4v) is 1.19. The zero-order chi connectivity index (χ0) is 8.97. The molecule has 1 rings (SSSR count). The number of hydrogen-bond donors (Lipinski definition) is 2. The molecular formula is C8H12B2N2. The molecule has 0 saturated heterocycles. The lowest BCUT2D eigenvalue weighted by atomic mass is 9.45. The molecule has 4 heteroatoms. The summed E-state index contributed by atoms with van der Waals surface area (Å²) < 4.78 is 0. The molecule has 0 unspecified atom stereocenters. The maximum atomic E-state index is 5.62. The lowest BCUT2D eigenvalue weighted by Crippen LogP contribution is -2.13. The van der Waals surface area contributed by atoms with Gasteiger partial charge >= 0.3 is 0 Å². The van der Waals surface area contributed by atoms with Crippen molar-refractivity contribution in [2.24, 2.45) is 5.73 Å². The van der Waals surface area contributed by atoms with E-state index in [-0.39, 0.29) is 0 Å². The van der Waals surface area contributed by atoms with E-state index in [1.54, 1.807) is 6.08 Å². The summed E-state index contributed by atoms with van der Waals surface area (Å²) in [6.45, 7) is 7.30. The van der Waals surface area contributed by atoms with E-state index < -0.39 is 0 Å². The fourth-order valence-electron chi connectivity index (χ4n) is 1.19. The first-order valence-electron chi connectivity index (χ1n) is 3.97. The second-order valence-electron chi connectivity index (χ2n) is 2.67. The van der Waals surface area contributed by atoms with Gasteiger partial charge in [0.2, 0.25) is 0 Å². The van der Waals surface area contributed by atoms with Gasteiger partial charge in [0, 0.05) is 11.4 Å². The van der Waals surface area contributed by atoms with Crippen molar-refractivity contribution in [3.63, 3.8) is 0 Å². The Kier molecular flexibility index (Phi) is 2.86. The maximum Gasteiger partial charge on any atom is 0.198 e. The summed E-state index contributed by atoms with van der Waals surface area (Å²) in [5, 5.41) is 3.21. The van der Waals surface area contributed by atoms with Crippen molar-refractivity contribution in [3.05, 3.63) is 48.3 Å². The normalized spacial score (nSPS) is 16.2. The predicted molar refractivity (Wildman–Crippen MR) is 57.1 cm³/mol.